The molecule has 0 saturated heterocycles. The van der Waals surface area contributed by atoms with Crippen molar-refractivity contribution in [3.63, 3.8) is 0 Å². The zero-order valence-electron chi connectivity index (χ0n) is 20.7. The van der Waals surface area contributed by atoms with E-state index in [1.54, 1.807) is 13.8 Å². The molecule has 11 nitrogen and oxygen atoms in total. The average molecular weight is 530 g/mol. The minimum atomic E-state index is -0.843. The van der Waals surface area contributed by atoms with Crippen LogP contribution in [0.3, 0.4) is 0 Å². The van der Waals surface area contributed by atoms with E-state index < -0.39 is 18.1 Å². The van der Waals surface area contributed by atoms with Crippen LogP contribution in [-0.4, -0.2) is 65.3 Å². The van der Waals surface area contributed by atoms with Crippen LogP contribution in [0.5, 0.6) is 5.75 Å². The summed E-state index contributed by atoms with van der Waals surface area (Å²) in [4.78, 5) is 32.9. The summed E-state index contributed by atoms with van der Waals surface area (Å²) in [5.74, 6) is -0.851. The number of hydrogen-bond acceptors (Lipinski definition) is 9. The van der Waals surface area contributed by atoms with Crippen molar-refractivity contribution in [1.29, 1.82) is 0 Å². The second-order valence-electron chi connectivity index (χ2n) is 8.77. The van der Waals surface area contributed by atoms with Crippen molar-refractivity contribution >= 4 is 45.8 Å². The molecule has 0 aliphatic heterocycles. The van der Waals surface area contributed by atoms with E-state index in [-0.39, 0.29) is 54.0 Å². The topological polar surface area (TPSA) is 178 Å². The Labute approximate surface area is 219 Å². The molecule has 0 saturated carbocycles. The van der Waals surface area contributed by atoms with Gasteiger partial charge >= 0.3 is 0 Å². The minimum Gasteiger partial charge on any atom is -0.490 e. The second-order valence-corrected chi connectivity index (χ2v) is 9.12. The minimum absolute atomic E-state index is 0.0911. The lowest BCUT2D eigenvalue weighted by Crippen LogP contribution is -2.51. The van der Waals surface area contributed by atoms with Crippen molar-refractivity contribution in [3.05, 3.63) is 53.3 Å². The Morgan fingerprint density at radius 3 is 2.54 bits per heavy atom. The number of nitrogens with zero attached hydrogens (tertiary/aromatic N) is 2. The molecule has 2 unspecified atom stereocenters. The van der Waals surface area contributed by atoms with Crippen LogP contribution >= 0.6 is 11.6 Å². The van der Waals surface area contributed by atoms with Gasteiger partial charge in [0.25, 0.3) is 5.91 Å². The number of nitrogen functional groups attached to an aromatic ring is 2. The number of hydrogen-bond donors (Lipinski definition) is 6. The summed E-state index contributed by atoms with van der Waals surface area (Å²) >= 11 is 5.84. The molecule has 2 aromatic carbocycles. The molecule has 0 aliphatic carbocycles. The molecule has 198 valence electrons. The number of benzene rings is 2. The zero-order valence-corrected chi connectivity index (χ0v) is 21.5. The lowest BCUT2D eigenvalue weighted by atomic mass is 10.0. The Hall–Kier alpha value is -3.67. The molecule has 2 amide bonds. The average Bonchev–Trinajstić information content (AvgIpc) is 2.87. The molecule has 3 rings (SSSR count). The highest BCUT2D eigenvalue weighted by atomic mass is 35.5. The summed E-state index contributed by atoms with van der Waals surface area (Å²) < 4.78 is 5.80. The second kappa shape index (κ2) is 13.0. The number of rotatable bonds is 12. The molecule has 12 heteroatoms. The van der Waals surface area contributed by atoms with Crippen LogP contribution in [-0.2, 0) is 4.79 Å². The maximum Gasteiger partial charge on any atom is 0.274 e. The van der Waals surface area contributed by atoms with Crippen LogP contribution in [0.2, 0.25) is 5.15 Å². The predicted octanol–water partition coefficient (Wildman–Crippen LogP) is 1.35. The van der Waals surface area contributed by atoms with Crippen LogP contribution in [0.25, 0.3) is 10.8 Å². The number of aliphatic hydroxyl groups excluding tert-OH is 1. The molecule has 8 N–H and O–H groups in total. The van der Waals surface area contributed by atoms with Crippen molar-refractivity contribution in [2.75, 3.05) is 37.7 Å². The van der Waals surface area contributed by atoms with Crippen LogP contribution < -0.4 is 32.2 Å². The lowest BCUT2D eigenvalue weighted by Gasteiger charge is -2.22. The molecular formula is C25H32ClN7O4. The number of amides is 2. The standard InChI is InChI=1S/C25H32ClN7O4/c1-14(2)19(32-25(36)20-22(27)33-23(28)21(26)31-20)24(35)30-11-10-29-12-16(34)13-37-18-9-5-7-15-6-3-4-8-17(15)18/h3-9,14,16,19,29,34H,10-13H2,1-2H3,(H,30,35)(H,32,36)(H4,27,28,33). The van der Waals surface area contributed by atoms with E-state index in [1.165, 1.54) is 0 Å². The lowest BCUT2D eigenvalue weighted by molar-refractivity contribution is -0.123. The third-order valence-corrected chi connectivity index (χ3v) is 5.80. The van der Waals surface area contributed by atoms with Gasteiger partial charge in [-0.15, -0.1) is 0 Å². The highest BCUT2D eigenvalue weighted by Crippen LogP contribution is 2.25. The summed E-state index contributed by atoms with van der Waals surface area (Å²) in [6.07, 6.45) is -0.740. The van der Waals surface area contributed by atoms with E-state index in [0.717, 1.165) is 10.8 Å². The van der Waals surface area contributed by atoms with Gasteiger partial charge in [0, 0.05) is 25.0 Å². The van der Waals surface area contributed by atoms with E-state index in [9.17, 15) is 14.7 Å². The number of ether oxygens (including phenoxy) is 1. The number of nitrogens with one attached hydrogen (secondary N) is 3. The van der Waals surface area contributed by atoms with E-state index in [0.29, 0.717) is 12.3 Å². The van der Waals surface area contributed by atoms with E-state index in [2.05, 4.69) is 25.9 Å². The first kappa shape index (κ1) is 27.9. The summed E-state index contributed by atoms with van der Waals surface area (Å²) in [6.45, 7) is 4.67. The van der Waals surface area contributed by atoms with E-state index in [4.69, 9.17) is 27.8 Å². The number of carbonyl (C=O) groups is 2. The largest absolute Gasteiger partial charge is 0.490 e. The number of carbonyl (C=O) groups excluding carboxylic acids is 2. The highest BCUT2D eigenvalue weighted by Gasteiger charge is 2.26. The number of aliphatic hydroxyl groups is 1. The number of halogens is 1. The van der Waals surface area contributed by atoms with Gasteiger partial charge in [0.15, 0.2) is 22.5 Å². The molecule has 0 radical (unpaired) electrons. The number of fused-ring (bicyclic) bond motifs is 1. The normalized spacial score (nSPS) is 12.8. The van der Waals surface area contributed by atoms with Crippen molar-refractivity contribution in [1.82, 2.24) is 25.9 Å². The predicted molar refractivity (Wildman–Crippen MR) is 143 cm³/mol. The quantitative estimate of drug-likeness (QED) is 0.189. The first-order valence-corrected chi connectivity index (χ1v) is 12.2. The van der Waals surface area contributed by atoms with Crippen LogP contribution in [0.15, 0.2) is 42.5 Å². The molecule has 1 aromatic heterocycles. The fourth-order valence-corrected chi connectivity index (χ4v) is 3.70. The van der Waals surface area contributed by atoms with Crippen LogP contribution in [0.1, 0.15) is 24.3 Å². The van der Waals surface area contributed by atoms with Crippen molar-refractivity contribution < 1.29 is 19.4 Å². The molecule has 3 aromatic rings. The number of nitrogens with two attached hydrogens (primary N) is 2. The molecule has 0 fully saturated rings. The summed E-state index contributed by atoms with van der Waals surface area (Å²) in [5, 5.41) is 20.6. The smallest absolute Gasteiger partial charge is 0.274 e. The highest BCUT2D eigenvalue weighted by molar-refractivity contribution is 6.31. The van der Waals surface area contributed by atoms with Crippen LogP contribution in [0.4, 0.5) is 11.6 Å². The molecule has 1 heterocycles. The van der Waals surface area contributed by atoms with Gasteiger partial charge < -0.3 is 37.3 Å². The maximum absolute atomic E-state index is 12.7. The van der Waals surface area contributed by atoms with Crippen molar-refractivity contribution in [2.45, 2.75) is 26.0 Å². The summed E-state index contributed by atoms with van der Waals surface area (Å²) in [5.41, 5.74) is 11.1. The molecular weight excluding hydrogens is 498 g/mol. The summed E-state index contributed by atoms with van der Waals surface area (Å²) in [7, 11) is 0. The number of aromatic nitrogens is 2. The van der Waals surface area contributed by atoms with Crippen molar-refractivity contribution in [3.8, 4) is 5.75 Å². The molecule has 0 aliphatic rings. The zero-order chi connectivity index (χ0) is 26.9. The van der Waals surface area contributed by atoms with E-state index in [1.807, 2.05) is 42.5 Å². The van der Waals surface area contributed by atoms with Crippen molar-refractivity contribution in [2.24, 2.45) is 5.92 Å². The SMILES string of the molecule is CC(C)C(NC(=O)c1nc(Cl)c(N)nc1N)C(=O)NCCNCC(O)COc1cccc2ccccc12. The van der Waals surface area contributed by atoms with Gasteiger partial charge in [0.05, 0.1) is 0 Å². The first-order valence-electron chi connectivity index (χ1n) is 11.8. The molecule has 0 bridgehead atoms. The molecule has 2 atom stereocenters. The van der Waals surface area contributed by atoms with Gasteiger partial charge in [-0.2, -0.15) is 0 Å². The maximum atomic E-state index is 12.7. The molecule has 0 spiro atoms. The first-order chi connectivity index (χ1) is 17.7. The fraction of sp³-hybridized carbons (Fsp3) is 0.360. The Bertz CT molecular complexity index is 1240. The monoisotopic (exact) mass is 529 g/mol. The number of anilines is 2. The van der Waals surface area contributed by atoms with Crippen LogP contribution in [0, 0.1) is 5.92 Å². The third kappa shape index (κ3) is 7.66. The Morgan fingerprint density at radius 2 is 1.78 bits per heavy atom. The Morgan fingerprint density at radius 1 is 1.05 bits per heavy atom. The fourth-order valence-electron chi connectivity index (χ4n) is 3.57. The van der Waals surface area contributed by atoms with Gasteiger partial charge in [0.2, 0.25) is 5.91 Å². The molecule has 37 heavy (non-hydrogen) atoms. The third-order valence-electron chi connectivity index (χ3n) is 5.52. The van der Waals surface area contributed by atoms with Gasteiger partial charge in [0.1, 0.15) is 24.5 Å². The van der Waals surface area contributed by atoms with Gasteiger partial charge in [-0.25, -0.2) is 9.97 Å². The summed E-state index contributed by atoms with van der Waals surface area (Å²) in [6, 6.07) is 12.8. The van der Waals surface area contributed by atoms with Gasteiger partial charge in [-0.1, -0.05) is 61.8 Å². The Balaban J connectivity index is 1.41. The van der Waals surface area contributed by atoms with Gasteiger partial charge in [-0.3, -0.25) is 9.59 Å². The van der Waals surface area contributed by atoms with Gasteiger partial charge in [-0.05, 0) is 17.4 Å². The Kier molecular flexibility index (Phi) is 9.84. The van der Waals surface area contributed by atoms with E-state index >= 15 is 0 Å².